The number of piperidine rings is 1. The molecule has 1 fully saturated rings. The van der Waals surface area contributed by atoms with Crippen LogP contribution in [0.25, 0.3) is 0 Å². The third-order valence-electron chi connectivity index (χ3n) is 3.94. The van der Waals surface area contributed by atoms with Crippen molar-refractivity contribution < 1.29 is 9.21 Å². The van der Waals surface area contributed by atoms with Gasteiger partial charge < -0.3 is 15.1 Å². The van der Waals surface area contributed by atoms with Crippen LogP contribution in [0.3, 0.4) is 0 Å². The molecule has 0 aliphatic carbocycles. The van der Waals surface area contributed by atoms with Gasteiger partial charge in [0.2, 0.25) is 5.91 Å². The van der Waals surface area contributed by atoms with Crippen LogP contribution in [0.1, 0.15) is 51.2 Å². The summed E-state index contributed by atoms with van der Waals surface area (Å²) in [5.41, 5.74) is 0. The lowest BCUT2D eigenvalue weighted by molar-refractivity contribution is -0.122. The molecule has 0 aromatic carbocycles. The molecule has 1 aliphatic rings. The second kappa shape index (κ2) is 8.10. The Kier molecular flexibility index (Phi) is 6.12. The van der Waals surface area contributed by atoms with Crippen LogP contribution in [0.2, 0.25) is 0 Å². The van der Waals surface area contributed by atoms with Crippen LogP contribution >= 0.6 is 0 Å². The van der Waals surface area contributed by atoms with E-state index in [4.69, 9.17) is 4.42 Å². The minimum Gasteiger partial charge on any atom is -0.469 e. The highest BCUT2D eigenvalue weighted by molar-refractivity contribution is 5.76. The maximum atomic E-state index is 11.9. The van der Waals surface area contributed by atoms with E-state index >= 15 is 0 Å². The van der Waals surface area contributed by atoms with Gasteiger partial charge in [0.15, 0.2) is 0 Å². The first-order chi connectivity index (χ1) is 9.74. The van der Waals surface area contributed by atoms with Crippen molar-refractivity contribution in [1.82, 2.24) is 10.6 Å². The fraction of sp³-hybridized carbons (Fsp3) is 0.688. The minimum absolute atomic E-state index is 0.171. The molecule has 1 amide bonds. The molecule has 0 bridgehead atoms. The first kappa shape index (κ1) is 15.1. The second-order valence-electron chi connectivity index (χ2n) is 5.77. The van der Waals surface area contributed by atoms with Crippen LogP contribution in [0.15, 0.2) is 22.8 Å². The first-order valence-electron chi connectivity index (χ1n) is 7.79. The summed E-state index contributed by atoms with van der Waals surface area (Å²) < 4.78 is 5.29. The molecular formula is C16H26N2O2. The molecule has 1 aromatic rings. The molecule has 2 atom stereocenters. The van der Waals surface area contributed by atoms with E-state index in [0.29, 0.717) is 12.5 Å². The van der Waals surface area contributed by atoms with E-state index in [2.05, 4.69) is 17.6 Å². The van der Waals surface area contributed by atoms with Crippen LogP contribution in [0.4, 0.5) is 0 Å². The summed E-state index contributed by atoms with van der Waals surface area (Å²) in [6.07, 6.45) is 8.83. The van der Waals surface area contributed by atoms with Crippen LogP contribution < -0.4 is 10.6 Å². The van der Waals surface area contributed by atoms with Crippen molar-refractivity contribution in [3.63, 3.8) is 0 Å². The highest BCUT2D eigenvalue weighted by atomic mass is 16.3. The number of carbonyl (C=O) groups excluding carboxylic acids is 1. The number of hydrogen-bond acceptors (Lipinski definition) is 3. The van der Waals surface area contributed by atoms with Gasteiger partial charge in [0.1, 0.15) is 5.76 Å². The largest absolute Gasteiger partial charge is 0.469 e. The number of furan rings is 1. The molecule has 1 aliphatic heterocycles. The maximum Gasteiger partial charge on any atom is 0.220 e. The molecule has 0 spiro atoms. The van der Waals surface area contributed by atoms with Gasteiger partial charge >= 0.3 is 0 Å². The Hall–Kier alpha value is -1.29. The Balaban J connectivity index is 1.58. The standard InChI is InChI=1S/C16H26N2O2/c1-13(7-9-15-6-4-12-20-15)18-16(19)10-8-14-5-2-3-11-17-14/h4,6,12-14,17H,2-3,5,7-11H2,1H3,(H,18,19). The highest BCUT2D eigenvalue weighted by Crippen LogP contribution is 2.12. The van der Waals surface area contributed by atoms with E-state index in [1.165, 1.54) is 19.3 Å². The van der Waals surface area contributed by atoms with E-state index in [9.17, 15) is 4.79 Å². The Morgan fingerprint density at radius 1 is 1.55 bits per heavy atom. The topological polar surface area (TPSA) is 54.3 Å². The lowest BCUT2D eigenvalue weighted by Crippen LogP contribution is -2.37. The summed E-state index contributed by atoms with van der Waals surface area (Å²) in [4.78, 5) is 11.9. The third kappa shape index (κ3) is 5.37. The van der Waals surface area contributed by atoms with Gasteiger partial charge in [-0.05, 0) is 51.3 Å². The molecule has 4 nitrogen and oxygen atoms in total. The molecule has 2 rings (SSSR count). The van der Waals surface area contributed by atoms with Gasteiger partial charge in [-0.25, -0.2) is 0 Å². The smallest absolute Gasteiger partial charge is 0.220 e. The number of aryl methyl sites for hydroxylation is 1. The third-order valence-corrected chi connectivity index (χ3v) is 3.94. The Bertz CT molecular complexity index is 383. The lowest BCUT2D eigenvalue weighted by Gasteiger charge is -2.23. The zero-order valence-electron chi connectivity index (χ0n) is 12.4. The van der Waals surface area contributed by atoms with Gasteiger partial charge in [0.05, 0.1) is 6.26 Å². The second-order valence-corrected chi connectivity index (χ2v) is 5.77. The Morgan fingerprint density at radius 2 is 2.45 bits per heavy atom. The molecule has 2 heterocycles. The van der Waals surface area contributed by atoms with E-state index < -0.39 is 0 Å². The molecule has 0 saturated carbocycles. The fourth-order valence-corrected chi connectivity index (χ4v) is 2.71. The van der Waals surface area contributed by atoms with Crippen LogP contribution in [0.5, 0.6) is 0 Å². The average Bonchev–Trinajstić information content (AvgIpc) is 2.97. The van der Waals surface area contributed by atoms with Crippen molar-refractivity contribution >= 4 is 5.91 Å². The van der Waals surface area contributed by atoms with E-state index in [0.717, 1.165) is 31.6 Å². The van der Waals surface area contributed by atoms with Crippen molar-refractivity contribution in [2.75, 3.05) is 6.54 Å². The zero-order valence-corrected chi connectivity index (χ0v) is 12.4. The van der Waals surface area contributed by atoms with Gasteiger partial charge in [0.25, 0.3) is 0 Å². The number of amides is 1. The zero-order chi connectivity index (χ0) is 14.2. The average molecular weight is 278 g/mol. The summed E-state index contributed by atoms with van der Waals surface area (Å²) in [6.45, 7) is 3.16. The normalized spacial score (nSPS) is 20.6. The number of hydrogen-bond donors (Lipinski definition) is 2. The number of rotatable bonds is 7. The molecule has 0 radical (unpaired) electrons. The summed E-state index contributed by atoms with van der Waals surface area (Å²) >= 11 is 0. The summed E-state index contributed by atoms with van der Waals surface area (Å²) in [5.74, 6) is 1.15. The predicted molar refractivity (Wildman–Crippen MR) is 79.5 cm³/mol. The number of carbonyl (C=O) groups is 1. The van der Waals surface area contributed by atoms with Crippen molar-refractivity contribution in [3.8, 4) is 0 Å². The number of nitrogens with one attached hydrogen (secondary N) is 2. The SMILES string of the molecule is CC(CCc1ccco1)NC(=O)CCC1CCCCN1. The quantitative estimate of drug-likeness (QED) is 0.806. The van der Waals surface area contributed by atoms with Crippen molar-refractivity contribution in [1.29, 1.82) is 0 Å². The van der Waals surface area contributed by atoms with E-state index in [1.54, 1.807) is 6.26 Å². The molecular weight excluding hydrogens is 252 g/mol. The summed E-state index contributed by atoms with van der Waals surface area (Å²) in [5, 5.41) is 6.55. The minimum atomic E-state index is 0.171. The molecule has 4 heteroatoms. The maximum absolute atomic E-state index is 11.9. The van der Waals surface area contributed by atoms with Gasteiger partial charge in [-0.3, -0.25) is 4.79 Å². The predicted octanol–water partition coefficient (Wildman–Crippen LogP) is 2.64. The Labute approximate surface area is 121 Å². The molecule has 1 saturated heterocycles. The van der Waals surface area contributed by atoms with E-state index in [1.807, 2.05) is 12.1 Å². The summed E-state index contributed by atoms with van der Waals surface area (Å²) in [7, 11) is 0. The van der Waals surface area contributed by atoms with Crippen LogP contribution in [-0.4, -0.2) is 24.5 Å². The summed E-state index contributed by atoms with van der Waals surface area (Å²) in [6, 6.07) is 4.61. The monoisotopic (exact) mass is 278 g/mol. The van der Waals surface area contributed by atoms with E-state index in [-0.39, 0.29) is 11.9 Å². The molecule has 2 N–H and O–H groups in total. The highest BCUT2D eigenvalue weighted by Gasteiger charge is 2.15. The van der Waals surface area contributed by atoms with Crippen molar-refractivity contribution in [2.45, 2.75) is 64.0 Å². The van der Waals surface area contributed by atoms with Crippen LogP contribution in [-0.2, 0) is 11.2 Å². The van der Waals surface area contributed by atoms with Gasteiger partial charge in [-0.1, -0.05) is 6.42 Å². The lowest BCUT2D eigenvalue weighted by atomic mass is 10.0. The Morgan fingerprint density at radius 3 is 3.15 bits per heavy atom. The molecule has 1 aromatic heterocycles. The van der Waals surface area contributed by atoms with Gasteiger partial charge in [0, 0.05) is 24.9 Å². The van der Waals surface area contributed by atoms with Crippen molar-refractivity contribution in [3.05, 3.63) is 24.2 Å². The first-order valence-corrected chi connectivity index (χ1v) is 7.79. The van der Waals surface area contributed by atoms with Gasteiger partial charge in [-0.15, -0.1) is 0 Å². The van der Waals surface area contributed by atoms with Crippen LogP contribution in [0, 0.1) is 0 Å². The molecule has 2 unspecified atom stereocenters. The van der Waals surface area contributed by atoms with Crippen molar-refractivity contribution in [2.24, 2.45) is 0 Å². The van der Waals surface area contributed by atoms with Gasteiger partial charge in [-0.2, -0.15) is 0 Å². The fourth-order valence-electron chi connectivity index (χ4n) is 2.71. The molecule has 112 valence electrons. The molecule has 20 heavy (non-hydrogen) atoms.